The van der Waals surface area contributed by atoms with Crippen LogP contribution in [0.5, 0.6) is 0 Å². The molecule has 0 nitrogen and oxygen atoms in total. The Morgan fingerprint density at radius 1 is 1.30 bits per heavy atom. The number of unbranched alkanes of at least 4 members (excludes halogenated alkanes) is 1. The van der Waals surface area contributed by atoms with Crippen LogP contribution in [-0.2, 0) is 0 Å². The molecule has 0 radical (unpaired) electrons. The summed E-state index contributed by atoms with van der Waals surface area (Å²) < 4.78 is 2.93. The molecule has 62 valence electrons. The third kappa shape index (κ3) is 9.38. The van der Waals surface area contributed by atoms with E-state index in [0.717, 1.165) is 6.42 Å². The molecule has 0 saturated carbocycles. The third-order valence-electron chi connectivity index (χ3n) is 1.53. The number of halogens is 2. The molecule has 0 heterocycles. The van der Waals surface area contributed by atoms with Crippen molar-refractivity contribution in [3.8, 4) is 0 Å². The Morgan fingerprint density at radius 2 is 2.00 bits per heavy atom. The molecule has 0 bridgehead atoms. The fourth-order valence-electron chi connectivity index (χ4n) is 0.902. The molecule has 0 rings (SSSR count). The Labute approximate surface area is 83.9 Å². The van der Waals surface area contributed by atoms with Gasteiger partial charge in [-0.05, 0) is 0 Å². The van der Waals surface area contributed by atoms with Crippen LogP contribution in [0.2, 0.25) is 8.87 Å². The summed E-state index contributed by atoms with van der Waals surface area (Å²) in [6, 6.07) is 0. The van der Waals surface area contributed by atoms with Crippen molar-refractivity contribution in [2.24, 2.45) is 0 Å². The van der Waals surface area contributed by atoms with Gasteiger partial charge in [-0.25, -0.2) is 0 Å². The second-order valence-corrected chi connectivity index (χ2v) is 9.93. The van der Waals surface area contributed by atoms with Crippen LogP contribution in [0.4, 0.5) is 0 Å². The second-order valence-electron chi connectivity index (χ2n) is 2.59. The van der Waals surface area contributed by atoms with E-state index in [1.54, 1.807) is 4.44 Å². The minimum atomic E-state index is -0.371. The Kier molecular flexibility index (Phi) is 9.64. The van der Waals surface area contributed by atoms with E-state index in [0.29, 0.717) is 0 Å². The van der Waals surface area contributed by atoms with Crippen molar-refractivity contribution in [3.05, 3.63) is 0 Å². The van der Waals surface area contributed by atoms with Crippen LogP contribution < -0.4 is 0 Å². The predicted octanol–water partition coefficient (Wildman–Crippen LogP) is 2.99. The number of hydrogen-bond donors (Lipinski definition) is 0. The van der Waals surface area contributed by atoms with Crippen molar-refractivity contribution in [2.45, 2.75) is 39.9 Å². The zero-order valence-corrected chi connectivity index (χ0v) is 12.1. The first-order valence-electron chi connectivity index (χ1n) is 4.05. The van der Waals surface area contributed by atoms with Gasteiger partial charge in [-0.3, -0.25) is 0 Å². The first-order chi connectivity index (χ1) is 4.77. The van der Waals surface area contributed by atoms with Crippen molar-refractivity contribution in [1.29, 1.82) is 0 Å². The second kappa shape index (κ2) is 8.48. The average molecular weight is 290 g/mol. The summed E-state index contributed by atoms with van der Waals surface area (Å²) in [6.07, 6.45) is 3.83. The summed E-state index contributed by atoms with van der Waals surface area (Å²) in [4.78, 5) is -0.0988. The van der Waals surface area contributed by atoms with Crippen LogP contribution in [0.25, 0.3) is 0 Å². The molecule has 10 heavy (non-hydrogen) atoms. The maximum absolute atomic E-state index is 5.59. The normalized spacial score (nSPS) is 12.0. The zero-order chi connectivity index (χ0) is 7.82. The number of alkyl halides is 2. The average Bonchev–Trinajstić information content (AvgIpc) is 1.87. The van der Waals surface area contributed by atoms with E-state index in [1.165, 1.54) is 17.3 Å². The zero-order valence-electron chi connectivity index (χ0n) is 6.58. The van der Waals surface area contributed by atoms with Crippen LogP contribution in [0.15, 0.2) is 0 Å². The van der Waals surface area contributed by atoms with E-state index < -0.39 is 0 Å². The predicted molar refractivity (Wildman–Crippen MR) is 53.2 cm³/mol. The van der Waals surface area contributed by atoms with Crippen molar-refractivity contribution < 1.29 is 0 Å². The van der Waals surface area contributed by atoms with Gasteiger partial charge < -0.3 is 0 Å². The van der Waals surface area contributed by atoms with Gasteiger partial charge >= 0.3 is 84.2 Å². The Hall–Kier alpha value is 1.38. The van der Waals surface area contributed by atoms with Crippen LogP contribution in [-0.4, -0.2) is 26.0 Å². The standard InChI is InChI=1S/C4H9.C3H5Cl2.Sn.2H/c1-3-4-2;1-2-3(4)5;;;/h1,3-4H2,2H3;3H,1-2H2;;;. The van der Waals surface area contributed by atoms with E-state index in [-0.39, 0.29) is 26.0 Å². The Morgan fingerprint density at radius 3 is 2.50 bits per heavy atom. The first kappa shape index (κ1) is 11.4. The molecule has 0 spiro atoms. The van der Waals surface area contributed by atoms with Gasteiger partial charge in [0.15, 0.2) is 0 Å². The Balaban J connectivity index is 2.77. The SMILES string of the molecule is CCC[CH2][SnH2][CH2]CC(Cl)Cl. The molecular weight excluding hydrogens is 274 g/mol. The molecule has 0 N–H and O–H groups in total. The van der Waals surface area contributed by atoms with Crippen molar-refractivity contribution >= 4 is 44.3 Å². The van der Waals surface area contributed by atoms with Gasteiger partial charge in [0.1, 0.15) is 0 Å². The molecule has 0 aromatic rings. The molecule has 0 aliphatic rings. The minimum absolute atomic E-state index is 0.0988. The molecule has 0 aliphatic carbocycles. The van der Waals surface area contributed by atoms with Gasteiger partial charge in [0, 0.05) is 0 Å². The maximum atomic E-state index is 5.59. The Bertz CT molecular complexity index is 66.6. The molecule has 0 aliphatic heterocycles. The molecule has 0 aromatic heterocycles. The first-order valence-corrected chi connectivity index (χ1v) is 10.6. The number of hydrogen-bond acceptors (Lipinski definition) is 0. The molecule has 0 aromatic carbocycles. The number of rotatable bonds is 6. The molecule has 0 fully saturated rings. The summed E-state index contributed by atoms with van der Waals surface area (Å²) in [6.45, 7) is 2.25. The molecule has 0 amide bonds. The quantitative estimate of drug-likeness (QED) is 0.401. The summed E-state index contributed by atoms with van der Waals surface area (Å²) in [5, 5.41) is 0. The van der Waals surface area contributed by atoms with Crippen LogP contribution >= 0.6 is 23.2 Å². The fraction of sp³-hybridized carbons (Fsp3) is 1.00. The van der Waals surface area contributed by atoms with Gasteiger partial charge in [-0.2, -0.15) is 0 Å². The monoisotopic (exact) mass is 290 g/mol. The van der Waals surface area contributed by atoms with Crippen molar-refractivity contribution in [3.63, 3.8) is 0 Å². The summed E-state index contributed by atoms with van der Waals surface area (Å²) >= 11 is 10.8. The summed E-state index contributed by atoms with van der Waals surface area (Å²) in [5.41, 5.74) is 0. The van der Waals surface area contributed by atoms with E-state index in [9.17, 15) is 0 Å². The molecule has 0 unspecified atom stereocenters. The molecule has 0 atom stereocenters. The fourth-order valence-corrected chi connectivity index (χ4v) is 8.12. The van der Waals surface area contributed by atoms with Gasteiger partial charge in [-0.15, -0.1) is 0 Å². The van der Waals surface area contributed by atoms with E-state index >= 15 is 0 Å². The topological polar surface area (TPSA) is 0 Å². The third-order valence-corrected chi connectivity index (χ3v) is 7.41. The van der Waals surface area contributed by atoms with Crippen molar-refractivity contribution in [1.82, 2.24) is 0 Å². The van der Waals surface area contributed by atoms with Gasteiger partial charge in [0.2, 0.25) is 0 Å². The molecular formula is C7H16Cl2Sn. The van der Waals surface area contributed by atoms with E-state index in [2.05, 4.69) is 6.92 Å². The van der Waals surface area contributed by atoms with Gasteiger partial charge in [-0.1, -0.05) is 0 Å². The van der Waals surface area contributed by atoms with Crippen LogP contribution in [0.1, 0.15) is 26.2 Å². The van der Waals surface area contributed by atoms with Crippen molar-refractivity contribution in [2.75, 3.05) is 0 Å². The van der Waals surface area contributed by atoms with E-state index in [4.69, 9.17) is 23.2 Å². The summed E-state index contributed by atoms with van der Waals surface area (Å²) in [5.74, 6) is 0. The van der Waals surface area contributed by atoms with Crippen LogP contribution in [0, 0.1) is 0 Å². The van der Waals surface area contributed by atoms with Gasteiger partial charge in [0.05, 0.1) is 0 Å². The van der Waals surface area contributed by atoms with Crippen LogP contribution in [0.3, 0.4) is 0 Å². The van der Waals surface area contributed by atoms with Gasteiger partial charge in [0.25, 0.3) is 0 Å². The van der Waals surface area contributed by atoms with E-state index in [1.807, 2.05) is 0 Å². The summed E-state index contributed by atoms with van der Waals surface area (Å²) in [7, 11) is 0. The molecule has 0 saturated heterocycles. The molecule has 3 heteroatoms.